The van der Waals surface area contributed by atoms with Crippen molar-refractivity contribution < 1.29 is 23.9 Å². The van der Waals surface area contributed by atoms with Gasteiger partial charge in [0, 0.05) is 17.9 Å². The van der Waals surface area contributed by atoms with Crippen molar-refractivity contribution in [2.24, 2.45) is 0 Å². The minimum Gasteiger partial charge on any atom is -0.465 e. The minimum atomic E-state index is -0.605. The molecule has 1 amide bonds. The first-order valence-electron chi connectivity index (χ1n) is 9.37. The highest BCUT2D eigenvalue weighted by Crippen LogP contribution is 2.28. The van der Waals surface area contributed by atoms with Crippen LogP contribution in [-0.2, 0) is 20.7 Å². The fourth-order valence-electron chi connectivity index (χ4n) is 3.51. The number of carbonyl (C=O) groups is 3. The van der Waals surface area contributed by atoms with E-state index in [-0.39, 0.29) is 23.6 Å². The smallest absolute Gasteiger partial charge is 0.337 e. The molecular weight excluding hydrogens is 372 g/mol. The Kier molecular flexibility index (Phi) is 6.16. The van der Waals surface area contributed by atoms with Gasteiger partial charge in [-0.25, -0.2) is 9.59 Å². The standard InChI is InChI=1S/C22H24N2O5/c1-14-6-7-19-15(9-14)5-4-8-24(19)13-20(25)23-18-11-16(21(26)28-2)10-17(12-18)22(27)29-3/h6-7,9-12H,4-5,8,13H2,1-3H3,(H,23,25). The van der Waals surface area contributed by atoms with E-state index in [4.69, 9.17) is 9.47 Å². The number of ether oxygens (including phenoxy) is 2. The molecule has 7 nitrogen and oxygen atoms in total. The van der Waals surface area contributed by atoms with Crippen LogP contribution in [0.1, 0.15) is 38.3 Å². The van der Waals surface area contributed by atoms with Gasteiger partial charge in [0.15, 0.2) is 0 Å². The Hall–Kier alpha value is -3.35. The molecule has 3 rings (SSSR count). The van der Waals surface area contributed by atoms with Crippen molar-refractivity contribution in [2.45, 2.75) is 19.8 Å². The Balaban J connectivity index is 1.79. The SMILES string of the molecule is COC(=O)c1cc(NC(=O)CN2CCCc3cc(C)ccc32)cc(C(=O)OC)c1. The van der Waals surface area contributed by atoms with Crippen LogP contribution in [0.3, 0.4) is 0 Å². The molecule has 0 atom stereocenters. The lowest BCUT2D eigenvalue weighted by molar-refractivity contribution is -0.115. The summed E-state index contributed by atoms with van der Waals surface area (Å²) >= 11 is 0. The first-order valence-corrected chi connectivity index (χ1v) is 9.37. The molecule has 0 bridgehead atoms. The first-order chi connectivity index (χ1) is 13.9. The maximum Gasteiger partial charge on any atom is 0.337 e. The third kappa shape index (κ3) is 4.74. The number of benzene rings is 2. The number of amides is 1. The molecule has 0 unspecified atom stereocenters. The molecule has 1 aliphatic heterocycles. The summed E-state index contributed by atoms with van der Waals surface area (Å²) < 4.78 is 9.45. The molecule has 0 radical (unpaired) electrons. The lowest BCUT2D eigenvalue weighted by Gasteiger charge is -2.31. The number of carbonyl (C=O) groups excluding carboxylic acids is 3. The van der Waals surface area contributed by atoms with Gasteiger partial charge >= 0.3 is 11.9 Å². The van der Waals surface area contributed by atoms with Gasteiger partial charge in [-0.3, -0.25) is 4.79 Å². The van der Waals surface area contributed by atoms with E-state index >= 15 is 0 Å². The number of methoxy groups -OCH3 is 2. The molecule has 7 heteroatoms. The van der Waals surface area contributed by atoms with Crippen LogP contribution in [0.5, 0.6) is 0 Å². The van der Waals surface area contributed by atoms with E-state index in [1.54, 1.807) is 0 Å². The average molecular weight is 396 g/mol. The summed E-state index contributed by atoms with van der Waals surface area (Å²) in [6, 6.07) is 10.6. The molecule has 0 aromatic heterocycles. The lowest BCUT2D eigenvalue weighted by atomic mass is 9.99. The van der Waals surface area contributed by atoms with Crippen molar-refractivity contribution in [1.29, 1.82) is 0 Å². The molecule has 1 N–H and O–H groups in total. The van der Waals surface area contributed by atoms with Crippen molar-refractivity contribution in [3.05, 3.63) is 58.7 Å². The second-order valence-corrected chi connectivity index (χ2v) is 6.99. The molecule has 29 heavy (non-hydrogen) atoms. The van der Waals surface area contributed by atoms with E-state index in [1.165, 1.54) is 43.5 Å². The zero-order chi connectivity index (χ0) is 21.0. The zero-order valence-corrected chi connectivity index (χ0v) is 16.8. The number of rotatable bonds is 5. The fourth-order valence-corrected chi connectivity index (χ4v) is 3.51. The third-order valence-electron chi connectivity index (χ3n) is 4.84. The van der Waals surface area contributed by atoms with Crippen LogP contribution in [0.4, 0.5) is 11.4 Å². The number of hydrogen-bond acceptors (Lipinski definition) is 6. The first kappa shape index (κ1) is 20.4. The van der Waals surface area contributed by atoms with E-state index in [0.29, 0.717) is 5.69 Å². The van der Waals surface area contributed by atoms with Crippen LogP contribution >= 0.6 is 0 Å². The van der Waals surface area contributed by atoms with Gasteiger partial charge in [-0.2, -0.15) is 0 Å². The number of anilines is 2. The number of fused-ring (bicyclic) bond motifs is 1. The van der Waals surface area contributed by atoms with Gasteiger partial charge in [-0.15, -0.1) is 0 Å². The Bertz CT molecular complexity index is 920. The van der Waals surface area contributed by atoms with E-state index in [9.17, 15) is 14.4 Å². The van der Waals surface area contributed by atoms with E-state index in [0.717, 1.165) is 25.1 Å². The summed E-state index contributed by atoms with van der Waals surface area (Å²) in [7, 11) is 2.50. The summed E-state index contributed by atoms with van der Waals surface area (Å²) in [6.07, 6.45) is 1.98. The summed E-state index contributed by atoms with van der Waals surface area (Å²) in [4.78, 5) is 38.5. The van der Waals surface area contributed by atoms with Gasteiger partial charge < -0.3 is 19.7 Å². The molecule has 152 valence electrons. The van der Waals surface area contributed by atoms with Crippen LogP contribution in [0, 0.1) is 6.92 Å². The molecule has 0 fully saturated rings. The third-order valence-corrected chi connectivity index (χ3v) is 4.84. The topological polar surface area (TPSA) is 84.9 Å². The van der Waals surface area contributed by atoms with Gasteiger partial charge in [0.05, 0.1) is 31.9 Å². The average Bonchev–Trinajstić information content (AvgIpc) is 2.72. The van der Waals surface area contributed by atoms with Crippen molar-refractivity contribution >= 4 is 29.2 Å². The van der Waals surface area contributed by atoms with Crippen LogP contribution < -0.4 is 10.2 Å². The normalized spacial score (nSPS) is 12.7. The number of hydrogen-bond donors (Lipinski definition) is 1. The lowest BCUT2D eigenvalue weighted by Crippen LogP contribution is -2.36. The Morgan fingerprint density at radius 2 is 1.66 bits per heavy atom. The van der Waals surface area contributed by atoms with Crippen molar-refractivity contribution in [3.63, 3.8) is 0 Å². The van der Waals surface area contributed by atoms with Crippen LogP contribution in [0.15, 0.2) is 36.4 Å². The molecule has 1 aliphatic rings. The molecule has 2 aromatic rings. The largest absolute Gasteiger partial charge is 0.465 e. The molecule has 2 aromatic carbocycles. The monoisotopic (exact) mass is 396 g/mol. The highest BCUT2D eigenvalue weighted by atomic mass is 16.5. The van der Waals surface area contributed by atoms with Gasteiger partial charge in [0.2, 0.25) is 5.91 Å². The van der Waals surface area contributed by atoms with Crippen molar-refractivity contribution in [1.82, 2.24) is 0 Å². The fraction of sp³-hybridized carbons (Fsp3) is 0.318. The minimum absolute atomic E-state index is 0.157. The molecular formula is C22H24N2O5. The molecule has 0 spiro atoms. The van der Waals surface area contributed by atoms with Crippen LogP contribution in [0.2, 0.25) is 0 Å². The Morgan fingerprint density at radius 3 is 2.28 bits per heavy atom. The van der Waals surface area contributed by atoms with E-state index < -0.39 is 11.9 Å². The van der Waals surface area contributed by atoms with E-state index in [1.807, 2.05) is 17.0 Å². The number of aryl methyl sites for hydroxylation is 2. The van der Waals surface area contributed by atoms with Gasteiger partial charge in [0.1, 0.15) is 0 Å². The highest BCUT2D eigenvalue weighted by molar-refractivity contribution is 6.00. The number of nitrogens with zero attached hydrogens (tertiary/aromatic N) is 1. The Morgan fingerprint density at radius 1 is 1.00 bits per heavy atom. The van der Waals surface area contributed by atoms with E-state index in [2.05, 4.69) is 18.3 Å². The van der Waals surface area contributed by atoms with Crippen LogP contribution in [-0.4, -0.2) is 45.2 Å². The summed E-state index contributed by atoms with van der Waals surface area (Å²) in [5, 5.41) is 2.77. The highest BCUT2D eigenvalue weighted by Gasteiger charge is 2.20. The quantitative estimate of drug-likeness (QED) is 0.782. The summed E-state index contributed by atoms with van der Waals surface area (Å²) in [5.41, 5.74) is 4.15. The van der Waals surface area contributed by atoms with Gasteiger partial charge in [-0.1, -0.05) is 17.7 Å². The predicted octanol–water partition coefficient (Wildman–Crippen LogP) is 2.96. The number of nitrogens with one attached hydrogen (secondary N) is 1. The maximum absolute atomic E-state index is 12.7. The van der Waals surface area contributed by atoms with Gasteiger partial charge in [0.25, 0.3) is 0 Å². The second-order valence-electron chi connectivity index (χ2n) is 6.99. The molecule has 0 saturated carbocycles. The molecule has 0 aliphatic carbocycles. The van der Waals surface area contributed by atoms with Crippen LogP contribution in [0.25, 0.3) is 0 Å². The molecule has 1 heterocycles. The zero-order valence-electron chi connectivity index (χ0n) is 16.8. The summed E-state index contributed by atoms with van der Waals surface area (Å²) in [5.74, 6) is -1.45. The Labute approximate surface area is 169 Å². The van der Waals surface area contributed by atoms with Crippen molar-refractivity contribution in [3.8, 4) is 0 Å². The molecule has 0 saturated heterocycles. The number of esters is 2. The predicted molar refractivity (Wildman–Crippen MR) is 109 cm³/mol. The van der Waals surface area contributed by atoms with Crippen molar-refractivity contribution in [2.75, 3.05) is 37.5 Å². The summed E-state index contributed by atoms with van der Waals surface area (Å²) in [6.45, 7) is 3.02. The van der Waals surface area contributed by atoms with Gasteiger partial charge in [-0.05, 0) is 49.6 Å². The maximum atomic E-state index is 12.7. The second kappa shape index (κ2) is 8.77.